The maximum atomic E-state index is 12.4. The standard InChI is InChI=1S/C25H31N2O2P/c1-18(17-28)26-25(29)20(3)27-19(2)23-15-10-16-24(23)30(21-11-6-4-7-12-21)22-13-8-5-9-14-22/h4-9,11-16,18-20,27-28H,10,17H2,1-3H3,(H,26,29)/t18-,19-,20?/m0/s1. The average Bonchev–Trinajstić information content (AvgIpc) is 3.24. The third kappa shape index (κ3) is 5.46. The molecule has 3 rings (SSSR count). The van der Waals surface area contributed by atoms with Crippen molar-refractivity contribution in [1.82, 2.24) is 10.6 Å². The van der Waals surface area contributed by atoms with Crippen LogP contribution in [0, 0.1) is 0 Å². The summed E-state index contributed by atoms with van der Waals surface area (Å²) < 4.78 is 0. The second-order valence-electron chi connectivity index (χ2n) is 7.69. The second-order valence-corrected chi connectivity index (χ2v) is 9.88. The highest BCUT2D eigenvalue weighted by atomic mass is 31.1. The van der Waals surface area contributed by atoms with Gasteiger partial charge in [0.1, 0.15) is 0 Å². The topological polar surface area (TPSA) is 61.4 Å². The van der Waals surface area contributed by atoms with Crippen LogP contribution >= 0.6 is 7.92 Å². The third-order valence-corrected chi connectivity index (χ3v) is 7.79. The number of aliphatic hydroxyl groups is 1. The van der Waals surface area contributed by atoms with E-state index in [-0.39, 0.29) is 30.6 Å². The summed E-state index contributed by atoms with van der Waals surface area (Å²) in [4.78, 5) is 12.4. The Hall–Kier alpha value is -2.26. The Labute approximate surface area is 180 Å². The fraction of sp³-hybridized carbons (Fsp3) is 0.320. The first-order valence-corrected chi connectivity index (χ1v) is 11.8. The van der Waals surface area contributed by atoms with Crippen molar-refractivity contribution < 1.29 is 9.90 Å². The molecule has 0 aliphatic heterocycles. The van der Waals surface area contributed by atoms with E-state index in [0.29, 0.717) is 0 Å². The van der Waals surface area contributed by atoms with Gasteiger partial charge in [0.2, 0.25) is 5.91 Å². The molecule has 0 saturated heterocycles. The minimum Gasteiger partial charge on any atom is -0.394 e. The minimum atomic E-state index is -0.661. The summed E-state index contributed by atoms with van der Waals surface area (Å²) in [7, 11) is -0.661. The molecule has 0 heterocycles. The number of benzene rings is 2. The molecule has 3 N–H and O–H groups in total. The van der Waals surface area contributed by atoms with Crippen molar-refractivity contribution in [2.75, 3.05) is 6.61 Å². The zero-order chi connectivity index (χ0) is 21.5. The molecule has 0 spiro atoms. The van der Waals surface area contributed by atoms with Crippen LogP contribution in [0.5, 0.6) is 0 Å². The maximum Gasteiger partial charge on any atom is 0.237 e. The van der Waals surface area contributed by atoms with E-state index in [1.165, 1.54) is 21.5 Å². The lowest BCUT2D eigenvalue weighted by Gasteiger charge is -2.28. The molecule has 3 atom stereocenters. The monoisotopic (exact) mass is 422 g/mol. The van der Waals surface area contributed by atoms with Crippen molar-refractivity contribution in [1.29, 1.82) is 0 Å². The predicted molar refractivity (Wildman–Crippen MR) is 127 cm³/mol. The number of carbonyl (C=O) groups is 1. The van der Waals surface area contributed by atoms with Crippen LogP contribution in [-0.2, 0) is 4.79 Å². The van der Waals surface area contributed by atoms with Gasteiger partial charge in [0.25, 0.3) is 0 Å². The lowest BCUT2D eigenvalue weighted by atomic mass is 10.1. The van der Waals surface area contributed by atoms with Crippen molar-refractivity contribution in [2.24, 2.45) is 0 Å². The van der Waals surface area contributed by atoms with E-state index < -0.39 is 7.92 Å². The van der Waals surface area contributed by atoms with Gasteiger partial charge >= 0.3 is 0 Å². The van der Waals surface area contributed by atoms with Crippen LogP contribution in [-0.4, -0.2) is 35.7 Å². The van der Waals surface area contributed by atoms with Gasteiger partial charge in [-0.2, -0.15) is 0 Å². The van der Waals surface area contributed by atoms with Crippen LogP contribution in [0.2, 0.25) is 0 Å². The normalized spacial score (nSPS) is 16.6. The average molecular weight is 423 g/mol. The van der Waals surface area contributed by atoms with E-state index in [2.05, 4.69) is 90.4 Å². The Morgan fingerprint density at radius 3 is 2.07 bits per heavy atom. The molecule has 158 valence electrons. The number of allylic oxidation sites excluding steroid dienone is 2. The van der Waals surface area contributed by atoms with Gasteiger partial charge in [0.05, 0.1) is 12.6 Å². The van der Waals surface area contributed by atoms with Crippen LogP contribution < -0.4 is 21.2 Å². The zero-order valence-electron chi connectivity index (χ0n) is 17.9. The third-order valence-electron chi connectivity index (χ3n) is 5.24. The van der Waals surface area contributed by atoms with E-state index in [4.69, 9.17) is 0 Å². The van der Waals surface area contributed by atoms with Crippen molar-refractivity contribution >= 4 is 24.4 Å². The van der Waals surface area contributed by atoms with Gasteiger partial charge in [-0.15, -0.1) is 0 Å². The molecule has 4 nitrogen and oxygen atoms in total. The predicted octanol–water partition coefficient (Wildman–Crippen LogP) is 3.20. The Bertz CT molecular complexity index is 856. The number of amides is 1. The van der Waals surface area contributed by atoms with Crippen LogP contribution in [0.25, 0.3) is 0 Å². The van der Waals surface area contributed by atoms with Gasteiger partial charge in [-0.25, -0.2) is 0 Å². The maximum absolute atomic E-state index is 12.4. The molecular weight excluding hydrogens is 391 g/mol. The zero-order valence-corrected chi connectivity index (χ0v) is 18.8. The first kappa shape index (κ1) is 22.4. The highest BCUT2D eigenvalue weighted by molar-refractivity contribution is 7.77. The molecule has 1 amide bonds. The smallest absolute Gasteiger partial charge is 0.237 e. The summed E-state index contributed by atoms with van der Waals surface area (Å²) in [6, 6.07) is 20.8. The van der Waals surface area contributed by atoms with Gasteiger partial charge in [0, 0.05) is 12.1 Å². The SMILES string of the molecule is CC(N[C@@H](C)C1=CCC=C1P(c1ccccc1)c1ccccc1)C(=O)N[C@@H](C)CO. The molecular formula is C25H31N2O2P. The fourth-order valence-corrected chi connectivity index (χ4v) is 6.30. The molecule has 1 aliphatic rings. The van der Waals surface area contributed by atoms with E-state index >= 15 is 0 Å². The summed E-state index contributed by atoms with van der Waals surface area (Å²) in [5, 5.41) is 19.5. The summed E-state index contributed by atoms with van der Waals surface area (Å²) in [6.07, 6.45) is 5.52. The molecule has 1 unspecified atom stereocenters. The molecule has 2 aromatic rings. The molecule has 0 bridgehead atoms. The van der Waals surface area contributed by atoms with Gasteiger partial charge in [-0.05, 0) is 56.6 Å². The summed E-state index contributed by atoms with van der Waals surface area (Å²) in [5.41, 5.74) is 1.27. The number of carbonyl (C=O) groups excluding carboxylic acids is 1. The van der Waals surface area contributed by atoms with Crippen LogP contribution in [0.4, 0.5) is 0 Å². The van der Waals surface area contributed by atoms with Crippen LogP contribution in [0.1, 0.15) is 27.2 Å². The number of nitrogens with one attached hydrogen (secondary N) is 2. The van der Waals surface area contributed by atoms with Crippen molar-refractivity contribution in [3.8, 4) is 0 Å². The molecule has 0 radical (unpaired) electrons. The minimum absolute atomic E-state index is 0.0429. The summed E-state index contributed by atoms with van der Waals surface area (Å²) in [6.45, 7) is 5.71. The van der Waals surface area contributed by atoms with Gasteiger partial charge in [0.15, 0.2) is 0 Å². The largest absolute Gasteiger partial charge is 0.394 e. The summed E-state index contributed by atoms with van der Waals surface area (Å²) >= 11 is 0. The second kappa shape index (κ2) is 10.7. The molecule has 1 aliphatic carbocycles. The number of rotatable bonds is 9. The summed E-state index contributed by atoms with van der Waals surface area (Å²) in [5.74, 6) is -0.0964. The van der Waals surface area contributed by atoms with Gasteiger partial charge in [-0.1, -0.05) is 72.8 Å². The molecule has 30 heavy (non-hydrogen) atoms. The number of aliphatic hydroxyl groups excluding tert-OH is 1. The fourth-order valence-electron chi connectivity index (χ4n) is 3.67. The van der Waals surface area contributed by atoms with E-state index in [9.17, 15) is 9.90 Å². The Balaban J connectivity index is 1.81. The van der Waals surface area contributed by atoms with Crippen molar-refractivity contribution in [3.63, 3.8) is 0 Å². The highest BCUT2D eigenvalue weighted by Gasteiger charge is 2.28. The first-order valence-electron chi connectivity index (χ1n) is 10.5. The Morgan fingerprint density at radius 2 is 1.53 bits per heavy atom. The Kier molecular flexibility index (Phi) is 7.98. The first-order chi connectivity index (χ1) is 14.5. The molecule has 0 saturated carbocycles. The number of hydrogen-bond acceptors (Lipinski definition) is 3. The molecule has 2 aromatic carbocycles. The van der Waals surface area contributed by atoms with Crippen molar-refractivity contribution in [2.45, 2.75) is 45.3 Å². The highest BCUT2D eigenvalue weighted by Crippen LogP contribution is 2.49. The van der Waals surface area contributed by atoms with Crippen molar-refractivity contribution in [3.05, 3.63) is 83.7 Å². The lowest BCUT2D eigenvalue weighted by molar-refractivity contribution is -0.123. The van der Waals surface area contributed by atoms with E-state index in [0.717, 1.165) is 6.42 Å². The quantitative estimate of drug-likeness (QED) is 0.544. The van der Waals surface area contributed by atoms with E-state index in [1.807, 2.05) is 6.92 Å². The molecule has 0 aromatic heterocycles. The van der Waals surface area contributed by atoms with Gasteiger partial charge < -0.3 is 10.4 Å². The number of hydrogen-bond donors (Lipinski definition) is 3. The lowest BCUT2D eigenvalue weighted by Crippen LogP contribution is -2.49. The van der Waals surface area contributed by atoms with E-state index in [1.54, 1.807) is 6.92 Å². The molecule has 0 fully saturated rings. The van der Waals surface area contributed by atoms with Gasteiger partial charge in [-0.3, -0.25) is 10.1 Å². The van der Waals surface area contributed by atoms with Crippen LogP contribution in [0.3, 0.4) is 0 Å². The Morgan fingerprint density at radius 1 is 0.967 bits per heavy atom. The molecule has 5 heteroatoms. The van der Waals surface area contributed by atoms with Crippen LogP contribution in [0.15, 0.2) is 83.7 Å².